The van der Waals surface area contributed by atoms with Gasteiger partial charge in [-0.3, -0.25) is 0 Å². The van der Waals surface area contributed by atoms with Crippen molar-refractivity contribution in [3.63, 3.8) is 0 Å². The molecule has 1 atom stereocenters. The summed E-state index contributed by atoms with van der Waals surface area (Å²) in [6.07, 6.45) is 5.13. The maximum Gasteiger partial charge on any atom is 0.101 e. The third-order valence-corrected chi connectivity index (χ3v) is 3.34. The lowest BCUT2D eigenvalue weighted by Crippen LogP contribution is -2.18. The maximum atomic E-state index is 13.6. The molecule has 1 heteroatoms. The minimum atomic E-state index is 0.0372. The molecule has 0 saturated carbocycles. The Labute approximate surface area is 98.9 Å². The van der Waals surface area contributed by atoms with Gasteiger partial charge in [-0.05, 0) is 35.8 Å². The molecule has 0 radical (unpaired) electrons. The zero-order valence-electron chi connectivity index (χ0n) is 10.9. The topological polar surface area (TPSA) is 0 Å². The first-order valence-electron chi connectivity index (χ1n) is 6.17. The standard InChI is InChI=1S/C15H23F/c1-6-7-13-14(10(2)3)8-12(16)9-15(13)11(4)5/h6,8,10-11,15H,1,7,9H2,2-5H3. The summed E-state index contributed by atoms with van der Waals surface area (Å²) in [4.78, 5) is 0. The van der Waals surface area contributed by atoms with Crippen LogP contribution >= 0.6 is 0 Å². The molecule has 0 aliphatic heterocycles. The number of hydrogen-bond donors (Lipinski definition) is 0. The molecule has 0 aromatic carbocycles. The SMILES string of the molecule is C=CCC1=C(C(C)C)C=C(F)CC1C(C)C. The molecular formula is C15H23F. The van der Waals surface area contributed by atoms with Crippen molar-refractivity contribution in [2.24, 2.45) is 17.8 Å². The Balaban J connectivity index is 3.16. The van der Waals surface area contributed by atoms with Gasteiger partial charge in [0.1, 0.15) is 5.83 Å². The second-order valence-electron chi connectivity index (χ2n) is 5.27. The van der Waals surface area contributed by atoms with E-state index in [1.165, 1.54) is 11.1 Å². The summed E-state index contributed by atoms with van der Waals surface area (Å²) in [6.45, 7) is 12.4. The van der Waals surface area contributed by atoms with Gasteiger partial charge in [0.25, 0.3) is 0 Å². The first kappa shape index (κ1) is 13.2. The van der Waals surface area contributed by atoms with Crippen LogP contribution in [-0.2, 0) is 0 Å². The van der Waals surface area contributed by atoms with Crippen LogP contribution in [0.15, 0.2) is 35.7 Å². The van der Waals surface area contributed by atoms with Crippen molar-refractivity contribution in [1.82, 2.24) is 0 Å². The molecule has 0 bridgehead atoms. The van der Waals surface area contributed by atoms with Crippen LogP contribution < -0.4 is 0 Å². The number of rotatable bonds is 4. The van der Waals surface area contributed by atoms with Crippen LogP contribution in [-0.4, -0.2) is 0 Å². The monoisotopic (exact) mass is 222 g/mol. The molecule has 1 aliphatic rings. The second-order valence-corrected chi connectivity index (χ2v) is 5.27. The predicted molar refractivity (Wildman–Crippen MR) is 68.8 cm³/mol. The molecule has 0 saturated heterocycles. The van der Waals surface area contributed by atoms with Crippen LogP contribution in [0.4, 0.5) is 4.39 Å². The van der Waals surface area contributed by atoms with Crippen molar-refractivity contribution in [2.45, 2.75) is 40.5 Å². The van der Waals surface area contributed by atoms with Crippen molar-refractivity contribution in [3.05, 3.63) is 35.7 Å². The van der Waals surface area contributed by atoms with E-state index in [2.05, 4.69) is 34.3 Å². The molecule has 0 aromatic heterocycles. The Morgan fingerprint density at radius 2 is 2.06 bits per heavy atom. The molecule has 1 aliphatic carbocycles. The Hall–Kier alpha value is -0.850. The van der Waals surface area contributed by atoms with Gasteiger partial charge in [0.15, 0.2) is 0 Å². The van der Waals surface area contributed by atoms with E-state index in [0.29, 0.717) is 24.2 Å². The van der Waals surface area contributed by atoms with Gasteiger partial charge in [-0.25, -0.2) is 4.39 Å². The number of hydrogen-bond acceptors (Lipinski definition) is 0. The van der Waals surface area contributed by atoms with E-state index in [1.807, 2.05) is 6.08 Å². The summed E-state index contributed by atoms with van der Waals surface area (Å²) in [5.41, 5.74) is 2.57. The molecule has 0 spiro atoms. The molecule has 0 N–H and O–H groups in total. The minimum absolute atomic E-state index is 0.0372. The molecule has 0 fully saturated rings. The second kappa shape index (κ2) is 5.47. The van der Waals surface area contributed by atoms with Gasteiger partial charge >= 0.3 is 0 Å². The van der Waals surface area contributed by atoms with Crippen molar-refractivity contribution in [2.75, 3.05) is 0 Å². The first-order valence-corrected chi connectivity index (χ1v) is 6.17. The van der Waals surface area contributed by atoms with Crippen LogP contribution in [0, 0.1) is 17.8 Å². The number of halogens is 1. The van der Waals surface area contributed by atoms with E-state index < -0.39 is 0 Å². The molecule has 1 rings (SSSR count). The number of allylic oxidation sites excluding steroid dienone is 5. The fraction of sp³-hybridized carbons (Fsp3) is 0.600. The summed E-state index contributed by atoms with van der Waals surface area (Å²) >= 11 is 0. The lowest BCUT2D eigenvalue weighted by molar-refractivity contribution is 0.385. The quantitative estimate of drug-likeness (QED) is 0.584. The van der Waals surface area contributed by atoms with Gasteiger partial charge in [0.05, 0.1) is 0 Å². The average Bonchev–Trinajstić information content (AvgIpc) is 2.19. The fourth-order valence-electron chi connectivity index (χ4n) is 2.47. The van der Waals surface area contributed by atoms with Crippen LogP contribution in [0.2, 0.25) is 0 Å². The largest absolute Gasteiger partial charge is 0.212 e. The molecule has 1 unspecified atom stereocenters. The van der Waals surface area contributed by atoms with E-state index in [-0.39, 0.29) is 5.83 Å². The molecular weight excluding hydrogens is 199 g/mol. The Morgan fingerprint density at radius 1 is 1.44 bits per heavy atom. The van der Waals surface area contributed by atoms with Crippen LogP contribution in [0.1, 0.15) is 40.5 Å². The van der Waals surface area contributed by atoms with Gasteiger partial charge in [0, 0.05) is 6.42 Å². The maximum absolute atomic E-state index is 13.6. The summed E-state index contributed by atoms with van der Waals surface area (Å²) in [5, 5.41) is 0. The van der Waals surface area contributed by atoms with Crippen molar-refractivity contribution >= 4 is 0 Å². The van der Waals surface area contributed by atoms with E-state index >= 15 is 0 Å². The normalized spacial score (nSPS) is 21.7. The molecule has 0 heterocycles. The third kappa shape index (κ3) is 2.84. The Kier molecular flexibility index (Phi) is 4.52. The molecule has 0 nitrogen and oxygen atoms in total. The Morgan fingerprint density at radius 3 is 2.50 bits per heavy atom. The van der Waals surface area contributed by atoms with Crippen molar-refractivity contribution < 1.29 is 4.39 Å². The molecule has 0 aromatic rings. The zero-order valence-corrected chi connectivity index (χ0v) is 10.9. The fourth-order valence-corrected chi connectivity index (χ4v) is 2.47. The predicted octanol–water partition coefficient (Wildman–Crippen LogP) is 5.04. The lowest BCUT2D eigenvalue weighted by atomic mass is 9.76. The van der Waals surface area contributed by atoms with Gasteiger partial charge in [0.2, 0.25) is 0 Å². The van der Waals surface area contributed by atoms with Crippen molar-refractivity contribution in [1.29, 1.82) is 0 Å². The van der Waals surface area contributed by atoms with Crippen LogP contribution in [0.3, 0.4) is 0 Å². The highest BCUT2D eigenvalue weighted by atomic mass is 19.1. The van der Waals surface area contributed by atoms with Crippen LogP contribution in [0.5, 0.6) is 0 Å². The zero-order chi connectivity index (χ0) is 12.3. The van der Waals surface area contributed by atoms with Crippen LogP contribution in [0.25, 0.3) is 0 Å². The molecule has 0 amide bonds. The molecule has 16 heavy (non-hydrogen) atoms. The third-order valence-electron chi connectivity index (χ3n) is 3.34. The summed E-state index contributed by atoms with van der Waals surface area (Å²) in [5.74, 6) is 1.26. The minimum Gasteiger partial charge on any atom is -0.212 e. The van der Waals surface area contributed by atoms with Gasteiger partial charge in [-0.1, -0.05) is 39.3 Å². The van der Waals surface area contributed by atoms with E-state index in [0.717, 1.165) is 6.42 Å². The highest BCUT2D eigenvalue weighted by Gasteiger charge is 2.26. The lowest BCUT2D eigenvalue weighted by Gasteiger charge is -2.30. The van der Waals surface area contributed by atoms with E-state index in [4.69, 9.17) is 0 Å². The van der Waals surface area contributed by atoms with E-state index in [1.54, 1.807) is 6.08 Å². The highest BCUT2D eigenvalue weighted by molar-refractivity contribution is 5.36. The summed E-state index contributed by atoms with van der Waals surface area (Å²) < 4.78 is 13.6. The smallest absolute Gasteiger partial charge is 0.101 e. The van der Waals surface area contributed by atoms with E-state index in [9.17, 15) is 4.39 Å². The van der Waals surface area contributed by atoms with Gasteiger partial charge in [-0.2, -0.15) is 0 Å². The first-order chi connectivity index (χ1) is 7.47. The summed E-state index contributed by atoms with van der Waals surface area (Å²) in [7, 11) is 0. The van der Waals surface area contributed by atoms with Gasteiger partial charge in [-0.15, -0.1) is 6.58 Å². The summed E-state index contributed by atoms with van der Waals surface area (Å²) in [6, 6.07) is 0. The average molecular weight is 222 g/mol. The molecule has 90 valence electrons. The van der Waals surface area contributed by atoms with Crippen molar-refractivity contribution in [3.8, 4) is 0 Å². The van der Waals surface area contributed by atoms with Gasteiger partial charge < -0.3 is 0 Å². The highest BCUT2D eigenvalue weighted by Crippen LogP contribution is 2.39. The Bertz CT molecular complexity index is 318.